The van der Waals surface area contributed by atoms with Crippen LogP contribution < -0.4 is 41.4 Å². The van der Waals surface area contributed by atoms with E-state index in [4.69, 9.17) is 4.74 Å². The Labute approximate surface area is 401 Å². The summed E-state index contributed by atoms with van der Waals surface area (Å²) in [6.07, 6.45) is 2.90. The third-order valence-electron chi connectivity index (χ3n) is 11.1. The molecule has 3 aromatic rings. The standard InChI is InChI=1S/C43H57F2N11O11S2/c1-6-25(4)33(38(62)50-30(20-26-10-8-7-9-11-26)36(60)49-29(21-32(44)45)34(58)39(63)48-18-19-57)51-40(64)43(22-24(2)3,53-37(61)31-23-46-16-17-47-31)56-69(65,66)42-55-54-41(68-42)52-35(59)27-12-14-28(67-5)15-13-27/h12-17,19,23-26,29-30,32-33,56H,6-11,18,20-22H2,1-5H3,(H,48,63)(H,49,60)(H,50,62)(H,51,64)(H,53,61)(H,52,54,59). The lowest BCUT2D eigenvalue weighted by atomic mass is 9.84. The first-order valence-corrected chi connectivity index (χ1v) is 24.4. The maximum absolute atomic E-state index is 14.9. The van der Waals surface area contributed by atoms with Crippen LogP contribution in [0.2, 0.25) is 0 Å². The van der Waals surface area contributed by atoms with Crippen LogP contribution in [0.4, 0.5) is 13.9 Å². The van der Waals surface area contributed by atoms with Crippen molar-refractivity contribution in [3.8, 4) is 5.75 Å². The zero-order valence-electron chi connectivity index (χ0n) is 38.6. The number of amides is 6. The van der Waals surface area contributed by atoms with Gasteiger partial charge in [-0.3, -0.25) is 43.9 Å². The van der Waals surface area contributed by atoms with Crippen molar-refractivity contribution in [1.29, 1.82) is 0 Å². The Morgan fingerprint density at radius 3 is 2.19 bits per heavy atom. The maximum Gasteiger partial charge on any atom is 0.289 e. The zero-order chi connectivity index (χ0) is 50.9. The van der Waals surface area contributed by atoms with Crippen LogP contribution in [0.1, 0.15) is 106 Å². The molecule has 0 saturated heterocycles. The first-order chi connectivity index (χ1) is 32.7. The Bertz CT molecular complexity index is 2390. The molecule has 1 aliphatic carbocycles. The van der Waals surface area contributed by atoms with Gasteiger partial charge in [-0.1, -0.05) is 77.6 Å². The van der Waals surface area contributed by atoms with E-state index in [1.165, 1.54) is 43.8 Å². The molecule has 1 saturated carbocycles. The van der Waals surface area contributed by atoms with Gasteiger partial charge in [0.25, 0.3) is 33.7 Å². The van der Waals surface area contributed by atoms with E-state index in [2.05, 4.69) is 51.5 Å². The lowest BCUT2D eigenvalue weighted by Crippen LogP contribution is -2.71. The molecule has 6 amide bonds. The Kier molecular flexibility index (Phi) is 20.6. The van der Waals surface area contributed by atoms with E-state index in [9.17, 15) is 55.6 Å². The molecule has 26 heteroatoms. The van der Waals surface area contributed by atoms with E-state index in [1.807, 2.05) is 5.32 Å². The van der Waals surface area contributed by atoms with Crippen molar-refractivity contribution in [3.05, 3.63) is 54.1 Å². The normalized spacial score (nSPS) is 15.6. The first kappa shape index (κ1) is 55.2. The van der Waals surface area contributed by atoms with E-state index >= 15 is 0 Å². The second-order valence-corrected chi connectivity index (χ2v) is 19.6. The van der Waals surface area contributed by atoms with Gasteiger partial charge in [-0.25, -0.2) is 22.2 Å². The van der Waals surface area contributed by atoms with E-state index < -0.39 is 117 Å². The largest absolute Gasteiger partial charge is 0.497 e. The highest BCUT2D eigenvalue weighted by atomic mass is 32.2. The molecule has 0 bridgehead atoms. The molecule has 2 heterocycles. The summed E-state index contributed by atoms with van der Waals surface area (Å²) in [5.41, 5.74) is -2.77. The smallest absolute Gasteiger partial charge is 0.289 e. The van der Waals surface area contributed by atoms with Crippen molar-refractivity contribution < 1.29 is 60.3 Å². The number of nitrogens with zero attached hydrogens (tertiary/aromatic N) is 4. The number of halogens is 2. The topological polar surface area (TPSA) is 316 Å². The zero-order valence-corrected chi connectivity index (χ0v) is 40.2. The summed E-state index contributed by atoms with van der Waals surface area (Å²) in [4.78, 5) is 114. The lowest BCUT2D eigenvalue weighted by Gasteiger charge is -2.37. The van der Waals surface area contributed by atoms with Crippen LogP contribution in [0.3, 0.4) is 0 Å². The molecule has 22 nitrogen and oxygen atoms in total. The van der Waals surface area contributed by atoms with Gasteiger partial charge in [0.15, 0.2) is 5.66 Å². The molecule has 69 heavy (non-hydrogen) atoms. The number of carbonyl (C=O) groups excluding carboxylic acids is 8. The summed E-state index contributed by atoms with van der Waals surface area (Å²) in [5.74, 6) is -8.87. The Morgan fingerprint density at radius 1 is 0.913 bits per heavy atom. The summed E-state index contributed by atoms with van der Waals surface area (Å²) in [6.45, 7) is 5.90. The van der Waals surface area contributed by atoms with Crippen molar-refractivity contribution in [2.75, 3.05) is 19.0 Å². The van der Waals surface area contributed by atoms with Crippen LogP contribution in [-0.2, 0) is 38.8 Å². The van der Waals surface area contributed by atoms with Crippen molar-refractivity contribution in [2.45, 2.75) is 120 Å². The van der Waals surface area contributed by atoms with Crippen LogP contribution >= 0.6 is 11.3 Å². The molecular formula is C43H57F2N11O11S2. The third-order valence-corrected chi connectivity index (χ3v) is 13.8. The minimum absolute atomic E-state index is 0.0265. The van der Waals surface area contributed by atoms with Crippen molar-refractivity contribution in [1.82, 2.24) is 51.5 Å². The van der Waals surface area contributed by atoms with E-state index in [0.29, 0.717) is 29.9 Å². The number of hydrogen-bond acceptors (Lipinski definition) is 16. The molecule has 1 fully saturated rings. The number of nitrogens with one attached hydrogen (secondary N) is 7. The molecule has 5 atom stereocenters. The number of hydrogen-bond donors (Lipinski definition) is 7. The number of ether oxygens (including phenoxy) is 1. The molecule has 2 aromatic heterocycles. The Morgan fingerprint density at radius 2 is 1.59 bits per heavy atom. The van der Waals surface area contributed by atoms with Crippen LogP contribution in [0.5, 0.6) is 5.75 Å². The molecule has 5 unspecified atom stereocenters. The molecule has 0 radical (unpaired) electrons. The van der Waals surface area contributed by atoms with Gasteiger partial charge in [0.1, 0.15) is 35.9 Å². The minimum atomic E-state index is -4.96. The first-order valence-electron chi connectivity index (χ1n) is 22.1. The number of aromatic nitrogens is 4. The van der Waals surface area contributed by atoms with E-state index in [-0.39, 0.29) is 41.4 Å². The average molecular weight is 1010 g/mol. The van der Waals surface area contributed by atoms with E-state index in [0.717, 1.165) is 25.5 Å². The molecule has 1 aromatic carbocycles. The average Bonchev–Trinajstić information content (AvgIpc) is 3.81. The fraction of sp³-hybridized carbons (Fsp3) is 0.535. The number of anilines is 1. The summed E-state index contributed by atoms with van der Waals surface area (Å²) < 4.78 is 62.7. The second kappa shape index (κ2) is 25.8. The number of Topliss-reactive ketones (excluding diaryl/α,β-unsaturated/α-hetero) is 1. The second-order valence-electron chi connectivity index (χ2n) is 16.8. The lowest BCUT2D eigenvalue weighted by molar-refractivity contribution is -0.141. The molecule has 376 valence electrons. The number of aldehydes is 1. The van der Waals surface area contributed by atoms with Gasteiger partial charge in [0, 0.05) is 24.4 Å². The molecular weight excluding hydrogens is 949 g/mol. The van der Waals surface area contributed by atoms with Crippen LogP contribution in [-0.4, -0.2) is 120 Å². The number of benzene rings is 1. The van der Waals surface area contributed by atoms with Gasteiger partial charge in [0.2, 0.25) is 33.5 Å². The molecule has 7 N–H and O–H groups in total. The monoisotopic (exact) mass is 1010 g/mol. The third kappa shape index (κ3) is 16.1. The van der Waals surface area contributed by atoms with Gasteiger partial charge >= 0.3 is 0 Å². The van der Waals surface area contributed by atoms with Crippen LogP contribution in [0, 0.1) is 17.8 Å². The van der Waals surface area contributed by atoms with Gasteiger partial charge < -0.3 is 36.1 Å². The van der Waals surface area contributed by atoms with Crippen molar-refractivity contribution in [3.63, 3.8) is 0 Å². The van der Waals surface area contributed by atoms with Gasteiger partial charge in [-0.05, 0) is 54.9 Å². The fourth-order valence-electron chi connectivity index (χ4n) is 7.43. The van der Waals surface area contributed by atoms with Crippen LogP contribution in [0.15, 0.2) is 47.2 Å². The number of ketones is 1. The van der Waals surface area contributed by atoms with Crippen LogP contribution in [0.25, 0.3) is 0 Å². The number of rotatable bonds is 26. The van der Waals surface area contributed by atoms with Gasteiger partial charge in [-0.15, -0.1) is 10.2 Å². The summed E-state index contributed by atoms with van der Waals surface area (Å²) >= 11 is 0.425. The maximum atomic E-state index is 14.9. The van der Waals surface area contributed by atoms with Gasteiger partial charge in [-0.2, -0.15) is 4.72 Å². The Balaban J connectivity index is 1.71. The molecule has 0 aliphatic heterocycles. The number of alkyl halides is 2. The predicted octanol–water partition coefficient (Wildman–Crippen LogP) is 2.05. The quantitative estimate of drug-likeness (QED) is 0.0262. The minimum Gasteiger partial charge on any atom is -0.497 e. The number of methoxy groups -OCH3 is 1. The summed E-state index contributed by atoms with van der Waals surface area (Å²) in [5, 5.41) is 21.5. The molecule has 1 aliphatic rings. The van der Waals surface area contributed by atoms with Crippen molar-refractivity contribution in [2.24, 2.45) is 17.8 Å². The summed E-state index contributed by atoms with van der Waals surface area (Å²) in [7, 11) is -3.51. The number of carbonyl (C=O) groups is 8. The van der Waals surface area contributed by atoms with Gasteiger partial charge in [0.05, 0.1) is 19.9 Å². The van der Waals surface area contributed by atoms with E-state index in [1.54, 1.807) is 27.7 Å². The van der Waals surface area contributed by atoms with Crippen molar-refractivity contribution >= 4 is 74.0 Å². The highest BCUT2D eigenvalue weighted by Crippen LogP contribution is 2.29. The Hall–Kier alpha value is -6.41. The molecule has 4 rings (SSSR count). The fourth-order valence-corrected chi connectivity index (χ4v) is 9.63. The summed E-state index contributed by atoms with van der Waals surface area (Å²) in [6, 6.07) is 0.884. The number of sulfonamides is 1. The highest BCUT2D eigenvalue weighted by molar-refractivity contribution is 7.91. The highest BCUT2D eigenvalue weighted by Gasteiger charge is 2.47. The predicted molar refractivity (Wildman–Crippen MR) is 244 cm³/mol. The molecule has 0 spiro atoms. The SMILES string of the molecule is CCC(C)C(NC(=O)C(CC(C)C)(NC(=O)c1cnccn1)NS(=O)(=O)c1nnc(NC(=O)c2ccc(OC)cc2)s1)C(=O)NC(CC1CCCCC1)C(=O)NC(CC(F)F)C(=O)C(=O)NCC=O.